The molecule has 0 bridgehead atoms. The Balaban J connectivity index is 1.79. The molecule has 1 heterocycles. The second-order valence-corrected chi connectivity index (χ2v) is 8.02. The van der Waals surface area contributed by atoms with Crippen molar-refractivity contribution < 1.29 is 0 Å². The average molecular weight is 277 g/mol. The molecule has 3 rings (SSSR count). The lowest BCUT2D eigenvalue weighted by Crippen LogP contribution is -2.19. The second kappa shape index (κ2) is 5.95. The topological polar surface area (TPSA) is 12.9 Å². The van der Waals surface area contributed by atoms with Gasteiger partial charge in [-0.15, -0.1) is 11.3 Å². The van der Waals surface area contributed by atoms with Crippen LogP contribution in [0.3, 0.4) is 0 Å². The number of aryl methyl sites for hydroxylation is 2. The second-order valence-electron chi connectivity index (χ2n) is 6.91. The van der Waals surface area contributed by atoms with Crippen LogP contribution in [0.25, 0.3) is 0 Å². The van der Waals surface area contributed by atoms with Crippen LogP contribution in [-0.2, 0) is 12.8 Å². The normalized spacial score (nSPS) is 27.5. The lowest BCUT2D eigenvalue weighted by atomic mass is 9.75. The van der Waals surface area contributed by atoms with E-state index in [2.05, 4.69) is 25.2 Å². The summed E-state index contributed by atoms with van der Waals surface area (Å²) in [6.07, 6.45) is 12.4. The van der Waals surface area contributed by atoms with Gasteiger partial charge in [-0.05, 0) is 56.8 Å². The van der Waals surface area contributed by atoms with Crippen molar-refractivity contribution in [1.82, 2.24) is 4.98 Å². The summed E-state index contributed by atoms with van der Waals surface area (Å²) in [6.45, 7) is 4.75. The van der Waals surface area contributed by atoms with Crippen molar-refractivity contribution in [2.45, 2.75) is 77.6 Å². The van der Waals surface area contributed by atoms with Gasteiger partial charge in [-0.1, -0.05) is 26.7 Å². The summed E-state index contributed by atoms with van der Waals surface area (Å²) in [5.74, 6) is 2.52. The zero-order chi connectivity index (χ0) is 13.2. The van der Waals surface area contributed by atoms with E-state index in [1.54, 1.807) is 4.88 Å². The molecule has 2 heteroatoms. The summed E-state index contributed by atoms with van der Waals surface area (Å²) in [5, 5.41) is 1.50. The monoisotopic (exact) mass is 277 g/mol. The molecule has 1 fully saturated rings. The van der Waals surface area contributed by atoms with E-state index >= 15 is 0 Å². The van der Waals surface area contributed by atoms with Crippen LogP contribution >= 0.6 is 11.3 Å². The van der Waals surface area contributed by atoms with Gasteiger partial charge >= 0.3 is 0 Å². The quantitative estimate of drug-likeness (QED) is 0.726. The van der Waals surface area contributed by atoms with E-state index < -0.39 is 0 Å². The van der Waals surface area contributed by atoms with Crippen molar-refractivity contribution in [3.8, 4) is 0 Å². The van der Waals surface area contributed by atoms with Crippen LogP contribution in [-0.4, -0.2) is 4.98 Å². The molecular formula is C17H27NS. The molecule has 0 N–H and O–H groups in total. The summed E-state index contributed by atoms with van der Waals surface area (Å²) >= 11 is 2.06. The molecule has 1 saturated carbocycles. The van der Waals surface area contributed by atoms with Gasteiger partial charge in [0, 0.05) is 10.8 Å². The van der Waals surface area contributed by atoms with E-state index in [-0.39, 0.29) is 0 Å². The molecule has 2 aliphatic carbocycles. The number of aromatic nitrogens is 1. The number of thiazole rings is 1. The fourth-order valence-corrected chi connectivity index (χ4v) is 5.33. The maximum absolute atomic E-state index is 5.05. The smallest absolute Gasteiger partial charge is 0.0964 e. The highest BCUT2D eigenvalue weighted by atomic mass is 32.1. The first kappa shape index (κ1) is 13.6. The Morgan fingerprint density at radius 3 is 2.68 bits per heavy atom. The highest BCUT2D eigenvalue weighted by Gasteiger charge is 2.30. The third-order valence-electron chi connectivity index (χ3n) is 4.86. The van der Waals surface area contributed by atoms with E-state index in [1.807, 2.05) is 0 Å². The summed E-state index contributed by atoms with van der Waals surface area (Å²) in [5.41, 5.74) is 1.46. The lowest BCUT2D eigenvalue weighted by Gasteiger charge is -2.31. The van der Waals surface area contributed by atoms with E-state index in [1.165, 1.54) is 68.5 Å². The fourth-order valence-electron chi connectivity index (χ4n) is 3.95. The molecule has 19 heavy (non-hydrogen) atoms. The molecule has 0 spiro atoms. The number of hydrogen-bond donors (Lipinski definition) is 0. The van der Waals surface area contributed by atoms with E-state index in [0.717, 1.165) is 17.8 Å². The standard InChI is InChI=1S/C17H27NS/c1-12(2)11-13-7-3-4-8-14(13)17-18-15-9-5-6-10-16(15)19-17/h12-14H,3-11H2,1-2H3. The summed E-state index contributed by atoms with van der Waals surface area (Å²) in [6, 6.07) is 0. The fraction of sp³-hybridized carbons (Fsp3) is 0.824. The number of nitrogens with zero attached hydrogens (tertiary/aromatic N) is 1. The van der Waals surface area contributed by atoms with Crippen molar-refractivity contribution in [1.29, 1.82) is 0 Å². The van der Waals surface area contributed by atoms with Crippen molar-refractivity contribution >= 4 is 11.3 Å². The first-order valence-corrected chi connectivity index (χ1v) is 9.04. The molecule has 2 aliphatic rings. The first-order chi connectivity index (χ1) is 9.24. The maximum Gasteiger partial charge on any atom is 0.0964 e. The van der Waals surface area contributed by atoms with Gasteiger partial charge in [0.05, 0.1) is 10.7 Å². The SMILES string of the molecule is CC(C)CC1CCCCC1c1nc2c(s1)CCCC2. The molecular weight excluding hydrogens is 250 g/mol. The predicted octanol–water partition coefficient (Wildman–Crippen LogP) is 5.34. The Morgan fingerprint density at radius 2 is 1.89 bits per heavy atom. The highest BCUT2D eigenvalue weighted by molar-refractivity contribution is 7.11. The first-order valence-electron chi connectivity index (χ1n) is 8.22. The zero-order valence-electron chi connectivity index (χ0n) is 12.5. The van der Waals surface area contributed by atoms with Gasteiger partial charge in [0.15, 0.2) is 0 Å². The van der Waals surface area contributed by atoms with Crippen molar-refractivity contribution in [2.24, 2.45) is 11.8 Å². The summed E-state index contributed by atoms with van der Waals surface area (Å²) in [7, 11) is 0. The molecule has 0 aromatic carbocycles. The van der Waals surface area contributed by atoms with E-state index in [9.17, 15) is 0 Å². The van der Waals surface area contributed by atoms with Crippen molar-refractivity contribution in [3.05, 3.63) is 15.6 Å². The van der Waals surface area contributed by atoms with Gasteiger partial charge in [-0.2, -0.15) is 0 Å². The number of fused-ring (bicyclic) bond motifs is 1. The Bertz CT molecular complexity index is 397. The Kier molecular flexibility index (Phi) is 4.26. The van der Waals surface area contributed by atoms with Crippen molar-refractivity contribution in [2.75, 3.05) is 0 Å². The van der Waals surface area contributed by atoms with Crippen LogP contribution in [0.15, 0.2) is 0 Å². The van der Waals surface area contributed by atoms with Crippen LogP contribution in [0.5, 0.6) is 0 Å². The Morgan fingerprint density at radius 1 is 1.11 bits per heavy atom. The van der Waals surface area contributed by atoms with Crippen LogP contribution in [0.1, 0.15) is 80.3 Å². The third kappa shape index (κ3) is 3.04. The van der Waals surface area contributed by atoms with Gasteiger partial charge < -0.3 is 0 Å². The van der Waals surface area contributed by atoms with Crippen LogP contribution in [0.4, 0.5) is 0 Å². The van der Waals surface area contributed by atoms with Gasteiger partial charge in [-0.3, -0.25) is 0 Å². The van der Waals surface area contributed by atoms with Gasteiger partial charge in [0.2, 0.25) is 0 Å². The van der Waals surface area contributed by atoms with Crippen LogP contribution in [0.2, 0.25) is 0 Å². The van der Waals surface area contributed by atoms with Crippen LogP contribution < -0.4 is 0 Å². The molecule has 0 aliphatic heterocycles. The third-order valence-corrected chi connectivity index (χ3v) is 6.15. The lowest BCUT2D eigenvalue weighted by molar-refractivity contribution is 0.263. The summed E-state index contributed by atoms with van der Waals surface area (Å²) in [4.78, 5) is 6.67. The Labute approximate surface area is 121 Å². The van der Waals surface area contributed by atoms with Gasteiger partial charge in [-0.25, -0.2) is 4.98 Å². The predicted molar refractivity (Wildman–Crippen MR) is 82.9 cm³/mol. The largest absolute Gasteiger partial charge is 0.246 e. The highest BCUT2D eigenvalue weighted by Crippen LogP contribution is 2.43. The molecule has 2 atom stereocenters. The van der Waals surface area contributed by atoms with E-state index in [4.69, 9.17) is 4.98 Å². The van der Waals surface area contributed by atoms with Crippen molar-refractivity contribution in [3.63, 3.8) is 0 Å². The number of rotatable bonds is 3. The van der Waals surface area contributed by atoms with Gasteiger partial charge in [0.25, 0.3) is 0 Å². The van der Waals surface area contributed by atoms with Gasteiger partial charge in [0.1, 0.15) is 0 Å². The zero-order valence-corrected chi connectivity index (χ0v) is 13.3. The molecule has 2 unspecified atom stereocenters. The average Bonchev–Trinajstić information content (AvgIpc) is 2.82. The summed E-state index contributed by atoms with van der Waals surface area (Å²) < 4.78 is 0. The molecule has 1 aromatic rings. The molecule has 0 radical (unpaired) electrons. The molecule has 0 saturated heterocycles. The Hall–Kier alpha value is -0.370. The number of hydrogen-bond acceptors (Lipinski definition) is 2. The molecule has 1 aromatic heterocycles. The minimum Gasteiger partial charge on any atom is -0.246 e. The molecule has 0 amide bonds. The van der Waals surface area contributed by atoms with E-state index in [0.29, 0.717) is 0 Å². The minimum atomic E-state index is 0.784. The van der Waals surface area contributed by atoms with Crippen LogP contribution in [0, 0.1) is 11.8 Å². The molecule has 106 valence electrons. The molecule has 1 nitrogen and oxygen atoms in total. The maximum atomic E-state index is 5.05. The minimum absolute atomic E-state index is 0.784.